The Morgan fingerprint density at radius 2 is 1.69 bits per heavy atom. The fourth-order valence-corrected chi connectivity index (χ4v) is 2.23. The number of allylic oxidation sites excluding steroid dienone is 4. The molecule has 13 heavy (non-hydrogen) atoms. The molecule has 0 unspecified atom stereocenters. The van der Waals surface area contributed by atoms with Crippen LogP contribution in [0.1, 0.15) is 44.9 Å². The third kappa shape index (κ3) is 2.36. The van der Waals surface area contributed by atoms with Crippen LogP contribution in [0.3, 0.4) is 0 Å². The highest BCUT2D eigenvalue weighted by Gasteiger charge is 2.10. The van der Waals surface area contributed by atoms with Crippen molar-refractivity contribution in [1.29, 1.82) is 0 Å². The van der Waals surface area contributed by atoms with Crippen LogP contribution < -0.4 is 5.32 Å². The van der Waals surface area contributed by atoms with Crippen molar-refractivity contribution >= 4 is 0 Å². The van der Waals surface area contributed by atoms with Crippen molar-refractivity contribution < 1.29 is 0 Å². The van der Waals surface area contributed by atoms with Crippen LogP contribution in [0, 0.1) is 0 Å². The summed E-state index contributed by atoms with van der Waals surface area (Å²) in [7, 11) is 0. The summed E-state index contributed by atoms with van der Waals surface area (Å²) in [5.41, 5.74) is 3.28. The Bertz CT molecular complexity index is 205. The van der Waals surface area contributed by atoms with Gasteiger partial charge in [0.2, 0.25) is 0 Å². The molecule has 1 aliphatic carbocycles. The van der Waals surface area contributed by atoms with E-state index in [1.54, 1.807) is 11.3 Å². The van der Waals surface area contributed by atoms with Crippen molar-refractivity contribution in [3.05, 3.63) is 23.4 Å². The summed E-state index contributed by atoms with van der Waals surface area (Å²) in [4.78, 5) is 0. The zero-order valence-corrected chi connectivity index (χ0v) is 8.31. The average molecular weight is 177 g/mol. The Labute approximate surface area is 80.9 Å². The molecule has 2 rings (SSSR count). The van der Waals surface area contributed by atoms with Gasteiger partial charge in [-0.15, -0.1) is 0 Å². The normalized spacial score (nSPS) is 24.0. The highest BCUT2D eigenvalue weighted by Crippen LogP contribution is 2.24. The summed E-state index contributed by atoms with van der Waals surface area (Å²) in [5, 5.41) is 3.57. The molecule has 1 fully saturated rings. The van der Waals surface area contributed by atoms with Crippen molar-refractivity contribution in [2.45, 2.75) is 44.9 Å². The van der Waals surface area contributed by atoms with Crippen molar-refractivity contribution in [2.24, 2.45) is 0 Å². The first-order valence-electron chi connectivity index (χ1n) is 5.56. The highest BCUT2D eigenvalue weighted by molar-refractivity contribution is 5.17. The van der Waals surface area contributed by atoms with Gasteiger partial charge in [-0.1, -0.05) is 17.7 Å². The molecule has 1 heteroatoms. The molecule has 0 saturated carbocycles. The van der Waals surface area contributed by atoms with Gasteiger partial charge >= 0.3 is 0 Å². The second kappa shape index (κ2) is 4.50. The number of hydrogen-bond acceptors (Lipinski definition) is 1. The van der Waals surface area contributed by atoms with E-state index >= 15 is 0 Å². The first-order valence-corrected chi connectivity index (χ1v) is 5.56. The zero-order chi connectivity index (χ0) is 8.93. The quantitative estimate of drug-likeness (QED) is 0.560. The number of nitrogens with one attached hydrogen (secondary N) is 1. The van der Waals surface area contributed by atoms with Crippen LogP contribution in [0.5, 0.6) is 0 Å². The molecule has 1 saturated heterocycles. The van der Waals surface area contributed by atoms with Gasteiger partial charge in [-0.3, -0.25) is 0 Å². The molecule has 0 aromatic rings. The van der Waals surface area contributed by atoms with Gasteiger partial charge in [0.25, 0.3) is 0 Å². The molecule has 1 heterocycles. The maximum Gasteiger partial charge on any atom is 0.0144 e. The molecule has 0 aromatic heterocycles. The molecule has 1 N–H and O–H groups in total. The fraction of sp³-hybridized carbons (Fsp3) is 0.667. The average Bonchev–Trinajstić information content (AvgIpc) is 2.47. The van der Waals surface area contributed by atoms with Gasteiger partial charge in [0.15, 0.2) is 0 Å². The second-order valence-corrected chi connectivity index (χ2v) is 4.01. The molecular weight excluding hydrogens is 158 g/mol. The van der Waals surface area contributed by atoms with Gasteiger partial charge in [-0.25, -0.2) is 0 Å². The summed E-state index contributed by atoms with van der Waals surface area (Å²) in [6, 6.07) is 0. The molecule has 0 amide bonds. The van der Waals surface area contributed by atoms with Gasteiger partial charge in [0.05, 0.1) is 0 Å². The third-order valence-electron chi connectivity index (χ3n) is 3.01. The van der Waals surface area contributed by atoms with Gasteiger partial charge in [-0.2, -0.15) is 0 Å². The molecule has 0 radical (unpaired) electrons. The molecule has 1 aliphatic heterocycles. The SMILES string of the molecule is C1=CCCC(=C2CCCCN2)CC1. The summed E-state index contributed by atoms with van der Waals surface area (Å²) in [6.45, 7) is 1.20. The van der Waals surface area contributed by atoms with Gasteiger partial charge in [0, 0.05) is 12.2 Å². The van der Waals surface area contributed by atoms with Gasteiger partial charge in [0.1, 0.15) is 0 Å². The van der Waals surface area contributed by atoms with Crippen molar-refractivity contribution in [3.8, 4) is 0 Å². The first-order chi connectivity index (χ1) is 6.47. The van der Waals surface area contributed by atoms with E-state index in [0.29, 0.717) is 0 Å². The lowest BCUT2D eigenvalue weighted by Crippen LogP contribution is -2.21. The topological polar surface area (TPSA) is 12.0 Å². The van der Waals surface area contributed by atoms with E-state index in [1.165, 1.54) is 51.5 Å². The fourth-order valence-electron chi connectivity index (χ4n) is 2.23. The standard InChI is InChI=1S/C12H19N/c1-2-4-8-11(7-3-1)12-9-5-6-10-13-12/h1-2,13H,3-10H2. The van der Waals surface area contributed by atoms with Gasteiger partial charge < -0.3 is 5.32 Å². The summed E-state index contributed by atoms with van der Waals surface area (Å²) < 4.78 is 0. The molecule has 0 atom stereocenters. The Morgan fingerprint density at radius 1 is 0.923 bits per heavy atom. The van der Waals surface area contributed by atoms with Crippen LogP contribution in [0.15, 0.2) is 23.4 Å². The summed E-state index contributed by atoms with van der Waals surface area (Å²) >= 11 is 0. The van der Waals surface area contributed by atoms with E-state index in [-0.39, 0.29) is 0 Å². The Morgan fingerprint density at radius 3 is 2.31 bits per heavy atom. The molecule has 72 valence electrons. The lowest BCUT2D eigenvalue weighted by Gasteiger charge is -2.20. The highest BCUT2D eigenvalue weighted by atomic mass is 14.9. The molecule has 0 bridgehead atoms. The zero-order valence-electron chi connectivity index (χ0n) is 8.31. The number of hydrogen-bond donors (Lipinski definition) is 1. The minimum atomic E-state index is 1.20. The minimum absolute atomic E-state index is 1.20. The summed E-state index contributed by atoms with van der Waals surface area (Å²) in [6.07, 6.45) is 13.8. The lowest BCUT2D eigenvalue weighted by molar-refractivity contribution is 0.573. The Hall–Kier alpha value is -0.720. The van der Waals surface area contributed by atoms with E-state index < -0.39 is 0 Å². The van der Waals surface area contributed by atoms with Crippen LogP contribution in [0.25, 0.3) is 0 Å². The van der Waals surface area contributed by atoms with E-state index in [0.717, 1.165) is 0 Å². The van der Waals surface area contributed by atoms with Gasteiger partial charge in [-0.05, 0) is 44.9 Å². The van der Waals surface area contributed by atoms with Crippen molar-refractivity contribution in [2.75, 3.05) is 6.54 Å². The van der Waals surface area contributed by atoms with E-state index in [9.17, 15) is 0 Å². The minimum Gasteiger partial charge on any atom is -0.388 e. The second-order valence-electron chi connectivity index (χ2n) is 4.01. The Kier molecular flexibility index (Phi) is 3.07. The van der Waals surface area contributed by atoms with E-state index in [2.05, 4.69) is 17.5 Å². The van der Waals surface area contributed by atoms with Crippen LogP contribution in [0.4, 0.5) is 0 Å². The van der Waals surface area contributed by atoms with Crippen LogP contribution in [0.2, 0.25) is 0 Å². The molecule has 1 nitrogen and oxygen atoms in total. The monoisotopic (exact) mass is 177 g/mol. The lowest BCUT2D eigenvalue weighted by atomic mass is 9.99. The number of piperidine rings is 1. The van der Waals surface area contributed by atoms with Crippen LogP contribution in [-0.4, -0.2) is 6.54 Å². The summed E-state index contributed by atoms with van der Waals surface area (Å²) in [5.74, 6) is 0. The molecular formula is C12H19N. The number of rotatable bonds is 0. The van der Waals surface area contributed by atoms with E-state index in [1.807, 2.05) is 0 Å². The third-order valence-corrected chi connectivity index (χ3v) is 3.01. The largest absolute Gasteiger partial charge is 0.388 e. The maximum atomic E-state index is 3.57. The van der Waals surface area contributed by atoms with E-state index in [4.69, 9.17) is 0 Å². The van der Waals surface area contributed by atoms with Crippen LogP contribution in [-0.2, 0) is 0 Å². The van der Waals surface area contributed by atoms with Crippen molar-refractivity contribution in [3.63, 3.8) is 0 Å². The predicted octanol–water partition coefficient (Wildman–Crippen LogP) is 3.14. The Balaban J connectivity index is 2.02. The smallest absolute Gasteiger partial charge is 0.0144 e. The first kappa shape index (κ1) is 8.86. The predicted molar refractivity (Wildman–Crippen MR) is 56.5 cm³/mol. The maximum absolute atomic E-state index is 3.57. The van der Waals surface area contributed by atoms with Crippen molar-refractivity contribution in [1.82, 2.24) is 5.32 Å². The van der Waals surface area contributed by atoms with Crippen LogP contribution >= 0.6 is 0 Å². The molecule has 0 spiro atoms. The molecule has 0 aromatic carbocycles. The molecule has 2 aliphatic rings.